The van der Waals surface area contributed by atoms with Crippen molar-refractivity contribution in [2.45, 2.75) is 170 Å². The lowest BCUT2D eigenvalue weighted by Gasteiger charge is -2.28. The number of carbonyl (C=O) groups excluding carboxylic acids is 14. The van der Waals surface area contributed by atoms with Crippen LogP contribution in [0.15, 0.2) is 140 Å². The summed E-state index contributed by atoms with van der Waals surface area (Å²) in [5.41, 5.74) is 24.3. The van der Waals surface area contributed by atoms with Gasteiger partial charge >= 0.3 is 6.09 Å². The smallest absolute Gasteiger partial charge is 0.405 e. The molecule has 6 rings (SSSR count). The van der Waals surface area contributed by atoms with Crippen molar-refractivity contribution >= 4 is 122 Å². The Balaban J connectivity index is 1.52. The number of aromatic hydroxyl groups is 2. The molecule has 1 fully saturated rings. The van der Waals surface area contributed by atoms with Gasteiger partial charge in [-0.25, -0.2) is 4.79 Å². The number of guanidine groups is 2. The summed E-state index contributed by atoms with van der Waals surface area (Å²) in [6, 6.07) is 13.4. The third kappa shape index (κ3) is 33.4. The van der Waals surface area contributed by atoms with Gasteiger partial charge in [-0.3, -0.25) is 77.9 Å². The molecular weight excluding hydrogens is 1600 g/mol. The van der Waals surface area contributed by atoms with E-state index >= 15 is 33.6 Å². The number of aliphatic hydroxyl groups excluding tert-OH is 1. The van der Waals surface area contributed by atoms with E-state index in [4.69, 9.17) is 33.8 Å². The number of hydrogen-bond acceptors (Lipinski definition) is 22. The maximum absolute atomic E-state index is 15.5. The molecule has 14 atom stereocenters. The van der Waals surface area contributed by atoms with Crippen LogP contribution in [0.3, 0.4) is 0 Å². The van der Waals surface area contributed by atoms with Crippen LogP contribution >= 0.6 is 21.6 Å². The zero-order valence-electron chi connectivity index (χ0n) is 65.8. The van der Waals surface area contributed by atoms with Crippen molar-refractivity contribution in [1.29, 1.82) is 10.8 Å². The van der Waals surface area contributed by atoms with E-state index in [1.807, 2.05) is 5.32 Å². The highest BCUT2D eigenvalue weighted by atomic mass is 33.1. The van der Waals surface area contributed by atoms with E-state index in [1.165, 1.54) is 62.4 Å². The second-order valence-electron chi connectivity index (χ2n) is 28.2. The van der Waals surface area contributed by atoms with Gasteiger partial charge in [0, 0.05) is 56.7 Å². The first kappa shape index (κ1) is 95.6. The van der Waals surface area contributed by atoms with Crippen molar-refractivity contribution in [1.82, 2.24) is 79.8 Å². The molecule has 0 saturated carbocycles. The molecule has 0 bridgehead atoms. The molecule has 42 heteroatoms. The summed E-state index contributed by atoms with van der Waals surface area (Å²) in [7, 11) is 1.51. The van der Waals surface area contributed by atoms with Crippen molar-refractivity contribution in [3.63, 3.8) is 0 Å². The Kier molecular flexibility index (Phi) is 38.6. The Hall–Kier alpha value is -13.3. The molecule has 5 aromatic rings. The van der Waals surface area contributed by atoms with Crippen molar-refractivity contribution in [3.05, 3.63) is 167 Å². The minimum absolute atomic E-state index is 0.0283. The van der Waals surface area contributed by atoms with Gasteiger partial charge in [0.1, 0.15) is 90.0 Å². The van der Waals surface area contributed by atoms with Gasteiger partial charge in [0.15, 0.2) is 11.9 Å². The zero-order valence-corrected chi connectivity index (χ0v) is 67.4. The number of rotatable bonds is 35. The number of aliphatic hydroxyl groups is 1. The molecule has 0 aliphatic carbocycles. The molecule has 1 aliphatic heterocycles. The summed E-state index contributed by atoms with van der Waals surface area (Å²) in [5, 5.41) is 93.4. The molecule has 1 saturated heterocycles. The number of carbonyl (C=O) groups is 15. The summed E-state index contributed by atoms with van der Waals surface area (Å²) in [5.74, 6) is -17.4. The van der Waals surface area contributed by atoms with Crippen molar-refractivity contribution in [2.24, 2.45) is 22.9 Å². The van der Waals surface area contributed by atoms with Crippen molar-refractivity contribution in [3.8, 4) is 11.5 Å². The highest BCUT2D eigenvalue weighted by molar-refractivity contribution is 8.76. The van der Waals surface area contributed by atoms with Gasteiger partial charge in [0.25, 0.3) is 0 Å². The average Bonchev–Trinajstić information content (AvgIpc) is 0.968. The zero-order chi connectivity index (χ0) is 88.1. The predicted octanol–water partition coefficient (Wildman–Crippen LogP) is -4.23. The van der Waals surface area contributed by atoms with E-state index in [2.05, 4.69) is 74.4 Å². The SMILES string of the molecule is C[C@H](NC(=O)[C@H](Cc1ccc(O)cc1)NC(=O)[C@@H]1CSSC[C@H](NC(=O)[C@H](Cc2ccc(O)cc2)NC(=O)[C@H](C)NC(=O)[C@@H](NC(=O)O)[C@@H](C)O)C(=O)N[C@@H](CCCNC(=N)N)C(=O)N[C@@H](Cc2ccccc2)C(=O)N[C@@H](Cc2ccccc2)C(=O)N[C@@H](CC(N)=O)C(=O)N[C@@H](Cc2ccccc2)C(=O)N1)C(=O)N[C@@H](CCCNC(=N)N)C(N)=O. The van der Waals surface area contributed by atoms with E-state index in [1.54, 1.807) is 91.0 Å². The maximum Gasteiger partial charge on any atom is 0.405 e. The maximum atomic E-state index is 15.5. The average molecular weight is 1700 g/mol. The van der Waals surface area contributed by atoms with Gasteiger partial charge in [-0.05, 0) is 98.5 Å². The molecular formula is C78H103N21O19S2. The van der Waals surface area contributed by atoms with Gasteiger partial charge in [-0.2, -0.15) is 0 Å². The van der Waals surface area contributed by atoms with Gasteiger partial charge in [-0.15, -0.1) is 0 Å². The molecule has 29 N–H and O–H groups in total. The number of amides is 15. The third-order valence-corrected chi connectivity index (χ3v) is 20.9. The molecule has 0 unspecified atom stereocenters. The summed E-state index contributed by atoms with van der Waals surface area (Å²) in [6.07, 6.45) is -6.15. The van der Waals surface area contributed by atoms with Crippen LogP contribution in [-0.4, -0.2) is 230 Å². The number of phenolic OH excluding ortho intramolecular Hbond substituents is 2. The Morgan fingerprint density at radius 2 is 0.850 bits per heavy atom. The highest BCUT2D eigenvalue weighted by Crippen LogP contribution is 2.25. The predicted molar refractivity (Wildman–Crippen MR) is 441 cm³/mol. The van der Waals surface area contributed by atoms with Crippen LogP contribution in [0.2, 0.25) is 0 Å². The number of benzene rings is 5. The number of nitrogens with one attached hydrogen (secondary N) is 17. The van der Waals surface area contributed by atoms with E-state index in [-0.39, 0.29) is 81.9 Å². The summed E-state index contributed by atoms with van der Waals surface area (Å²) in [6.45, 7) is 3.58. The molecule has 1 heterocycles. The monoisotopic (exact) mass is 1700 g/mol. The molecule has 120 heavy (non-hydrogen) atoms. The number of hydrogen-bond donors (Lipinski definition) is 25. The molecule has 1 aliphatic rings. The summed E-state index contributed by atoms with van der Waals surface area (Å²) in [4.78, 5) is 215. The Morgan fingerprint density at radius 3 is 1.29 bits per heavy atom. The first-order chi connectivity index (χ1) is 57.0. The van der Waals surface area contributed by atoms with Crippen LogP contribution in [0.1, 0.15) is 80.7 Å². The molecule has 0 aromatic heterocycles. The molecule has 0 radical (unpaired) electrons. The lowest BCUT2D eigenvalue weighted by atomic mass is 10.0. The molecule has 0 spiro atoms. The summed E-state index contributed by atoms with van der Waals surface area (Å²) >= 11 is 0. The fourth-order valence-electron chi connectivity index (χ4n) is 12.0. The number of nitrogens with two attached hydrogens (primary N) is 4. The standard InChI is InChI=1S/C78H103N21O19S2/c1-41(64(105)89-51(63(80)104)21-13-31-85-76(81)82)87-67(108)53(36-47-23-27-49(101)28-24-47)95-74(115)60-40-120-119-39-59(97-70(111)54(37-48-25-29-50(102)30-26-48)91-65(106)42(2)88-75(116)62(43(3)100)99-78(117)118)73(114)90-52(22-14-32-86-77(83)84)66(107)92-55(33-44-15-7-4-8-16-44)68(109)93-56(34-45-17-9-5-10-18-45)69(110)96-58(38-61(79)103)72(113)94-57(71(112)98-60)35-46-19-11-6-12-20-46/h4-12,15-20,23-30,41-43,51-60,62,99-102H,13-14,21-22,31-40H2,1-3H3,(H2,79,103)(H2,80,104)(H,87,108)(H,88,116)(H,89,105)(H,90,114)(H,91,106)(H,92,107)(H,93,109)(H,94,113)(H,95,115)(H,96,110)(H,97,111)(H,98,112)(H,117,118)(H4,81,82,85)(H4,83,84,86)/t41-,42-,43+,51-,52-,53-,54-,55-,56-,57-,58-,59-,60-,62-/m0/s1. The fourth-order valence-corrected chi connectivity index (χ4v) is 14.3. The van der Waals surface area contributed by atoms with Crippen LogP contribution in [0.25, 0.3) is 0 Å². The number of phenols is 2. The Morgan fingerprint density at radius 1 is 0.450 bits per heavy atom. The minimum Gasteiger partial charge on any atom is -0.508 e. The van der Waals surface area contributed by atoms with Gasteiger partial charge in [-0.1, -0.05) is 137 Å². The van der Waals surface area contributed by atoms with Crippen molar-refractivity contribution in [2.75, 3.05) is 24.6 Å². The quantitative estimate of drug-likeness (QED) is 0.00791. The summed E-state index contributed by atoms with van der Waals surface area (Å²) < 4.78 is 0. The molecule has 5 aromatic carbocycles. The first-order valence-corrected chi connectivity index (χ1v) is 40.5. The molecule has 15 amide bonds. The number of primary amides is 2. The van der Waals surface area contributed by atoms with Crippen LogP contribution in [-0.2, 0) is 99.2 Å². The van der Waals surface area contributed by atoms with Gasteiger partial charge in [0.05, 0.1) is 12.5 Å². The Labute approximate surface area is 697 Å². The lowest BCUT2D eigenvalue weighted by Crippen LogP contribution is -2.62. The number of carboxylic acid groups (broad SMARTS) is 1. The van der Waals surface area contributed by atoms with Gasteiger partial charge in [0.2, 0.25) is 82.7 Å². The first-order valence-electron chi connectivity index (χ1n) is 38.0. The fraction of sp³-hybridized carbons (Fsp3) is 0.397. The minimum atomic E-state index is -1.91. The second kappa shape index (κ2) is 48.5. The largest absolute Gasteiger partial charge is 0.508 e. The Bertz CT molecular complexity index is 4390. The van der Waals surface area contributed by atoms with Crippen LogP contribution in [0.5, 0.6) is 11.5 Å². The highest BCUT2D eigenvalue weighted by Gasteiger charge is 2.39. The van der Waals surface area contributed by atoms with E-state index in [0.29, 0.717) is 27.8 Å². The van der Waals surface area contributed by atoms with Crippen molar-refractivity contribution < 1.29 is 92.3 Å². The second-order valence-corrected chi connectivity index (χ2v) is 30.7. The van der Waals surface area contributed by atoms with E-state index in [9.17, 15) is 58.8 Å². The molecule has 646 valence electrons. The lowest BCUT2D eigenvalue weighted by molar-refractivity contribution is -0.136. The van der Waals surface area contributed by atoms with E-state index in [0.717, 1.165) is 28.5 Å². The van der Waals surface area contributed by atoms with E-state index < -0.39 is 204 Å². The molecule has 40 nitrogen and oxygen atoms in total. The van der Waals surface area contributed by atoms with Crippen LogP contribution in [0.4, 0.5) is 4.79 Å². The third-order valence-electron chi connectivity index (χ3n) is 18.4. The topological polar surface area (TPSA) is 669 Å². The van der Waals surface area contributed by atoms with Crippen LogP contribution < -0.4 is 103 Å². The normalized spacial score (nSPS) is 19.4. The van der Waals surface area contributed by atoms with Crippen LogP contribution in [0, 0.1) is 10.8 Å². The van der Waals surface area contributed by atoms with Gasteiger partial charge < -0.3 is 123 Å².